The van der Waals surface area contributed by atoms with Crippen molar-refractivity contribution in [2.24, 2.45) is 0 Å². The topological polar surface area (TPSA) is 78.9 Å². The molecule has 394 valence electrons. The fourth-order valence-electron chi connectivity index (χ4n) is 6.85. The fourth-order valence-corrected chi connectivity index (χ4v) is 6.85. The number of ether oxygens (including phenoxy) is 3. The number of allylic oxidation sites excluding steroid dienone is 28. The molecule has 1 unspecified atom stereocenters. The van der Waals surface area contributed by atoms with Crippen LogP contribution in [-0.4, -0.2) is 37.2 Å². The van der Waals surface area contributed by atoms with Crippen molar-refractivity contribution in [3.05, 3.63) is 170 Å². The summed E-state index contributed by atoms with van der Waals surface area (Å²) in [7, 11) is 0. The molecule has 0 rings (SSSR count). The van der Waals surface area contributed by atoms with E-state index in [1.807, 2.05) is 60.8 Å². The van der Waals surface area contributed by atoms with Crippen LogP contribution < -0.4 is 0 Å². The Kier molecular flexibility index (Phi) is 53.1. The van der Waals surface area contributed by atoms with Gasteiger partial charge < -0.3 is 14.2 Å². The molecule has 0 spiro atoms. The van der Waals surface area contributed by atoms with Crippen LogP contribution in [0.15, 0.2) is 170 Å². The van der Waals surface area contributed by atoms with Gasteiger partial charge in [-0.2, -0.15) is 0 Å². The van der Waals surface area contributed by atoms with Gasteiger partial charge in [-0.3, -0.25) is 14.4 Å². The molecule has 0 aromatic carbocycles. The zero-order valence-corrected chi connectivity index (χ0v) is 44.9. The second kappa shape index (κ2) is 57.3. The Hall–Kier alpha value is -5.23. The smallest absolute Gasteiger partial charge is 0.306 e. The summed E-state index contributed by atoms with van der Waals surface area (Å²) in [6.45, 7) is 6.31. The summed E-state index contributed by atoms with van der Waals surface area (Å²) < 4.78 is 16.8. The summed E-state index contributed by atoms with van der Waals surface area (Å²) in [5.74, 6) is -1.02. The molecule has 1 atom stereocenters. The quantitative estimate of drug-likeness (QED) is 0.0262. The highest BCUT2D eigenvalue weighted by atomic mass is 16.6. The van der Waals surface area contributed by atoms with E-state index >= 15 is 0 Å². The first kappa shape index (κ1) is 65.8. The van der Waals surface area contributed by atoms with Gasteiger partial charge in [0.2, 0.25) is 0 Å². The maximum Gasteiger partial charge on any atom is 0.306 e. The third-order valence-electron chi connectivity index (χ3n) is 11.0. The predicted molar refractivity (Wildman–Crippen MR) is 306 cm³/mol. The molecule has 6 heteroatoms. The van der Waals surface area contributed by atoms with Gasteiger partial charge in [0.1, 0.15) is 13.2 Å². The Morgan fingerprint density at radius 1 is 0.296 bits per heavy atom. The zero-order chi connectivity index (χ0) is 51.4. The van der Waals surface area contributed by atoms with Gasteiger partial charge >= 0.3 is 17.9 Å². The van der Waals surface area contributed by atoms with Crippen molar-refractivity contribution in [1.29, 1.82) is 0 Å². The first-order valence-corrected chi connectivity index (χ1v) is 27.8. The van der Waals surface area contributed by atoms with Crippen LogP contribution in [0.1, 0.15) is 201 Å². The van der Waals surface area contributed by atoms with E-state index < -0.39 is 6.10 Å². The van der Waals surface area contributed by atoms with Gasteiger partial charge in [0.05, 0.1) is 0 Å². The maximum atomic E-state index is 12.9. The van der Waals surface area contributed by atoms with Crippen LogP contribution >= 0.6 is 0 Å². The standard InChI is InChI=1S/C65H98O6/c1-4-7-10-13-16-19-22-25-28-31-34-37-40-43-46-49-52-55-58-64(67)70-61-62(60-69-63(66)57-54-51-48-45-42-39-36-33-30-27-24-21-18-15-12-9-6-3)71-65(68)59-56-53-50-47-44-41-38-35-32-29-26-23-20-17-14-11-8-5-2/h9,12,15-39,42,62H,4-8,10-11,13-14,40-41,43-61H2,1-3H3/b12-9-,18-15-,19-16-,20-17-,24-21-,25-22-,26-23-,30-27-,31-28-,32-29-,36-33+,37-34-,38-35-,42-39-. The Balaban J connectivity index is 4.63. The highest BCUT2D eigenvalue weighted by molar-refractivity contribution is 5.71. The van der Waals surface area contributed by atoms with Crippen LogP contribution in [-0.2, 0) is 28.6 Å². The lowest BCUT2D eigenvalue weighted by molar-refractivity contribution is -0.167. The summed E-state index contributed by atoms with van der Waals surface area (Å²) in [5, 5.41) is 0. The molecule has 6 nitrogen and oxygen atoms in total. The van der Waals surface area contributed by atoms with E-state index in [2.05, 4.69) is 130 Å². The molecule has 0 heterocycles. The SMILES string of the molecule is CC\C=C/C=C\C=C/C=C\C=C\C=C/CCCCCC(=O)OCC(COC(=O)CCCCCCC\C=C/C=C\C=C/C=C\CCCCC)OC(=O)CCCCCCC\C=C/C=C\C=C/C=C\CCCCC. The molecule has 0 saturated heterocycles. The number of unbranched alkanes of at least 4 members (excludes halogenated alkanes) is 19. The molecule has 0 fully saturated rings. The Labute approximate surface area is 434 Å². The zero-order valence-electron chi connectivity index (χ0n) is 44.9. The summed E-state index contributed by atoms with van der Waals surface area (Å²) in [6.07, 6.45) is 84.6. The third kappa shape index (κ3) is 55.6. The Bertz CT molecular complexity index is 1690. The van der Waals surface area contributed by atoms with Gasteiger partial charge in [0, 0.05) is 19.3 Å². The van der Waals surface area contributed by atoms with Crippen molar-refractivity contribution >= 4 is 17.9 Å². The second-order valence-corrected chi connectivity index (χ2v) is 17.7. The lowest BCUT2D eigenvalue weighted by Crippen LogP contribution is -2.30. The molecule has 0 radical (unpaired) electrons. The van der Waals surface area contributed by atoms with Crippen molar-refractivity contribution < 1.29 is 28.6 Å². The minimum atomic E-state index is -0.830. The van der Waals surface area contributed by atoms with Crippen LogP contribution in [0.3, 0.4) is 0 Å². The maximum absolute atomic E-state index is 12.9. The molecule has 0 aliphatic carbocycles. The number of rotatable bonds is 47. The summed E-state index contributed by atoms with van der Waals surface area (Å²) in [6, 6.07) is 0. The second-order valence-electron chi connectivity index (χ2n) is 17.7. The van der Waals surface area contributed by atoms with Crippen molar-refractivity contribution in [3.63, 3.8) is 0 Å². The Morgan fingerprint density at radius 3 is 0.873 bits per heavy atom. The summed E-state index contributed by atoms with van der Waals surface area (Å²) in [4.78, 5) is 38.2. The van der Waals surface area contributed by atoms with Crippen LogP contribution in [0.25, 0.3) is 0 Å². The molecule has 0 saturated carbocycles. The molecule has 0 aliphatic heterocycles. The number of hydrogen-bond donors (Lipinski definition) is 0. The van der Waals surface area contributed by atoms with E-state index in [9.17, 15) is 14.4 Å². The van der Waals surface area contributed by atoms with Crippen LogP contribution in [0.4, 0.5) is 0 Å². The molecule has 0 aromatic rings. The lowest BCUT2D eigenvalue weighted by atomic mass is 10.1. The van der Waals surface area contributed by atoms with Crippen LogP contribution in [0.5, 0.6) is 0 Å². The van der Waals surface area contributed by atoms with Crippen molar-refractivity contribution in [1.82, 2.24) is 0 Å². The molecule has 0 aliphatic rings. The lowest BCUT2D eigenvalue weighted by Gasteiger charge is -2.18. The van der Waals surface area contributed by atoms with Gasteiger partial charge in [0.25, 0.3) is 0 Å². The van der Waals surface area contributed by atoms with Gasteiger partial charge in [0.15, 0.2) is 6.10 Å². The first-order valence-electron chi connectivity index (χ1n) is 27.8. The fraction of sp³-hybridized carbons (Fsp3) is 0.523. The van der Waals surface area contributed by atoms with Gasteiger partial charge in [-0.1, -0.05) is 262 Å². The summed E-state index contributed by atoms with van der Waals surface area (Å²) >= 11 is 0. The van der Waals surface area contributed by atoms with E-state index in [0.29, 0.717) is 12.8 Å². The van der Waals surface area contributed by atoms with E-state index in [0.717, 1.165) is 116 Å². The van der Waals surface area contributed by atoms with Crippen LogP contribution in [0.2, 0.25) is 0 Å². The number of hydrogen-bond acceptors (Lipinski definition) is 6. The van der Waals surface area contributed by atoms with Gasteiger partial charge in [-0.05, 0) is 89.9 Å². The average molecular weight is 975 g/mol. The largest absolute Gasteiger partial charge is 0.462 e. The highest BCUT2D eigenvalue weighted by Gasteiger charge is 2.19. The van der Waals surface area contributed by atoms with Crippen molar-refractivity contribution in [2.75, 3.05) is 13.2 Å². The van der Waals surface area contributed by atoms with E-state index in [-0.39, 0.29) is 44.0 Å². The van der Waals surface area contributed by atoms with Crippen LogP contribution in [0, 0.1) is 0 Å². The van der Waals surface area contributed by atoms with Gasteiger partial charge in [-0.25, -0.2) is 0 Å². The predicted octanol–water partition coefficient (Wildman–Crippen LogP) is 18.8. The first-order chi connectivity index (χ1) is 35.0. The molecule has 0 amide bonds. The monoisotopic (exact) mass is 975 g/mol. The highest BCUT2D eigenvalue weighted by Crippen LogP contribution is 2.12. The minimum Gasteiger partial charge on any atom is -0.462 e. The molecule has 0 bridgehead atoms. The van der Waals surface area contributed by atoms with E-state index in [1.54, 1.807) is 0 Å². The molecular weight excluding hydrogens is 877 g/mol. The molecule has 0 N–H and O–H groups in total. The normalized spacial score (nSPS) is 13.5. The van der Waals surface area contributed by atoms with E-state index in [4.69, 9.17) is 14.2 Å². The third-order valence-corrected chi connectivity index (χ3v) is 11.0. The van der Waals surface area contributed by atoms with Gasteiger partial charge in [-0.15, -0.1) is 0 Å². The minimum absolute atomic E-state index is 0.124. The average Bonchev–Trinajstić information content (AvgIpc) is 3.37. The number of carbonyl (C=O) groups excluding carboxylic acids is 3. The van der Waals surface area contributed by atoms with E-state index in [1.165, 1.54) is 38.5 Å². The Morgan fingerprint density at radius 2 is 0.549 bits per heavy atom. The summed E-state index contributed by atoms with van der Waals surface area (Å²) in [5.41, 5.74) is 0. The molecule has 0 aromatic heterocycles. The number of carbonyl (C=O) groups is 3. The molecular formula is C65H98O6. The van der Waals surface area contributed by atoms with Crippen molar-refractivity contribution in [2.45, 2.75) is 207 Å². The number of esters is 3. The molecule has 71 heavy (non-hydrogen) atoms. The van der Waals surface area contributed by atoms with Crippen molar-refractivity contribution in [3.8, 4) is 0 Å².